The average molecular weight is 535 g/mol. The number of aromatic nitrogens is 1. The predicted molar refractivity (Wildman–Crippen MR) is 144 cm³/mol. The third-order valence-electron chi connectivity index (χ3n) is 6.26. The van der Waals surface area contributed by atoms with Crippen LogP contribution in [0.1, 0.15) is 68.4 Å². The maximum absolute atomic E-state index is 13.8. The number of rotatable bonds is 6. The molecule has 1 atom stereocenters. The van der Waals surface area contributed by atoms with Crippen molar-refractivity contribution < 1.29 is 18.7 Å². The molecule has 7 nitrogen and oxygen atoms in total. The van der Waals surface area contributed by atoms with Crippen molar-refractivity contribution in [2.45, 2.75) is 32.7 Å². The van der Waals surface area contributed by atoms with Gasteiger partial charge in [-0.05, 0) is 42.2 Å². The Kier molecular flexibility index (Phi) is 6.47. The van der Waals surface area contributed by atoms with Gasteiger partial charge in [0.05, 0.1) is 22.7 Å². The Bertz CT molecular complexity index is 1620. The number of benzene rings is 2. The number of hydrogen-bond acceptors (Lipinski definition) is 7. The van der Waals surface area contributed by atoms with Crippen LogP contribution in [-0.4, -0.2) is 23.5 Å². The number of ether oxygens (including phenoxy) is 1. The number of esters is 1. The molecule has 188 valence electrons. The lowest BCUT2D eigenvalue weighted by Crippen LogP contribution is -2.29. The van der Waals surface area contributed by atoms with Crippen molar-refractivity contribution in [3.8, 4) is 0 Å². The zero-order valence-corrected chi connectivity index (χ0v) is 22.0. The van der Waals surface area contributed by atoms with Crippen LogP contribution >= 0.6 is 22.9 Å². The highest BCUT2D eigenvalue weighted by Crippen LogP contribution is 2.43. The van der Waals surface area contributed by atoms with Crippen molar-refractivity contribution in [3.63, 3.8) is 0 Å². The number of aryl methyl sites for hydroxylation is 1. The molecule has 0 radical (unpaired) electrons. The molecule has 0 saturated heterocycles. The van der Waals surface area contributed by atoms with Crippen LogP contribution in [0.5, 0.6) is 0 Å². The molecule has 0 bridgehead atoms. The summed E-state index contributed by atoms with van der Waals surface area (Å²) in [5.74, 6) is -0.815. The lowest BCUT2D eigenvalue weighted by atomic mass is 9.95. The van der Waals surface area contributed by atoms with Gasteiger partial charge in [0.1, 0.15) is 17.1 Å². The summed E-state index contributed by atoms with van der Waals surface area (Å²) in [5.41, 5.74) is 2.39. The van der Waals surface area contributed by atoms with Crippen LogP contribution in [0.25, 0.3) is 11.0 Å². The van der Waals surface area contributed by atoms with Crippen molar-refractivity contribution in [2.75, 3.05) is 11.5 Å². The zero-order valence-electron chi connectivity index (χ0n) is 20.4. The molecule has 4 aromatic rings. The third kappa shape index (κ3) is 4.26. The first-order valence-corrected chi connectivity index (χ1v) is 12.9. The smallest absolute Gasteiger partial charge is 0.350 e. The van der Waals surface area contributed by atoms with E-state index in [0.29, 0.717) is 22.2 Å². The normalized spacial score (nSPS) is 14.9. The van der Waals surface area contributed by atoms with Crippen LogP contribution < -0.4 is 10.3 Å². The third-order valence-corrected chi connectivity index (χ3v) is 7.63. The van der Waals surface area contributed by atoms with Gasteiger partial charge in [0, 0.05) is 5.02 Å². The standard InChI is InChI=1S/C28H23ClN2O5S/c1-5-12-35-27(34)25-15(4)30-28(37-25)31-22(17-8-6-16(7-9-17)14(2)3)21-23(32)19-13-18(29)10-11-20(19)36-24(21)26(31)33/h5-11,13-14,22H,1,12H2,2-4H3. The highest BCUT2D eigenvalue weighted by atomic mass is 35.5. The fourth-order valence-corrected chi connectivity index (χ4v) is 5.56. The molecule has 2 aromatic heterocycles. The molecule has 9 heteroatoms. The molecule has 2 aromatic carbocycles. The summed E-state index contributed by atoms with van der Waals surface area (Å²) in [5, 5.41) is 0.935. The average Bonchev–Trinajstić information content (AvgIpc) is 3.40. The molecule has 0 saturated carbocycles. The molecule has 0 fully saturated rings. The van der Waals surface area contributed by atoms with Gasteiger partial charge in [-0.1, -0.05) is 73.7 Å². The summed E-state index contributed by atoms with van der Waals surface area (Å²) in [6, 6.07) is 11.7. The van der Waals surface area contributed by atoms with Crippen LogP contribution in [0.3, 0.4) is 0 Å². The number of halogens is 1. The van der Waals surface area contributed by atoms with Gasteiger partial charge in [-0.2, -0.15) is 0 Å². The van der Waals surface area contributed by atoms with Gasteiger partial charge in [0.2, 0.25) is 5.76 Å². The quantitative estimate of drug-likeness (QED) is 0.209. The lowest BCUT2D eigenvalue weighted by Gasteiger charge is -2.23. The SMILES string of the molecule is C=CCOC(=O)c1sc(N2C(=O)c3oc4ccc(Cl)cc4c(=O)c3C2c2ccc(C(C)C)cc2)nc1C. The predicted octanol–water partition coefficient (Wildman–Crippen LogP) is 6.43. The Morgan fingerprint density at radius 2 is 1.97 bits per heavy atom. The van der Waals surface area contributed by atoms with E-state index in [1.165, 1.54) is 17.0 Å². The molecule has 0 N–H and O–H groups in total. The summed E-state index contributed by atoms with van der Waals surface area (Å²) in [6.07, 6.45) is 1.47. The molecule has 1 aliphatic heterocycles. The largest absolute Gasteiger partial charge is 0.457 e. The zero-order chi connectivity index (χ0) is 26.4. The molecule has 0 spiro atoms. The number of fused-ring (bicyclic) bond motifs is 2. The number of carbonyl (C=O) groups excluding carboxylic acids is 2. The number of nitrogens with zero attached hydrogens (tertiary/aromatic N) is 2. The number of thiazole rings is 1. The van der Waals surface area contributed by atoms with Gasteiger partial charge in [-0.3, -0.25) is 14.5 Å². The molecule has 37 heavy (non-hydrogen) atoms. The molecular formula is C28H23ClN2O5S. The molecule has 0 aliphatic carbocycles. The highest BCUT2D eigenvalue weighted by molar-refractivity contribution is 7.17. The first-order valence-electron chi connectivity index (χ1n) is 11.7. The Morgan fingerprint density at radius 3 is 2.65 bits per heavy atom. The van der Waals surface area contributed by atoms with E-state index in [0.717, 1.165) is 16.9 Å². The monoisotopic (exact) mass is 534 g/mol. The van der Waals surface area contributed by atoms with E-state index in [2.05, 4.69) is 25.4 Å². The summed E-state index contributed by atoms with van der Waals surface area (Å²) >= 11 is 7.19. The van der Waals surface area contributed by atoms with Crippen LogP contribution in [0.2, 0.25) is 5.02 Å². The minimum atomic E-state index is -0.800. The van der Waals surface area contributed by atoms with E-state index in [9.17, 15) is 14.4 Å². The first kappa shape index (κ1) is 24.9. The van der Waals surface area contributed by atoms with Gasteiger partial charge in [0.15, 0.2) is 10.6 Å². The second kappa shape index (κ2) is 9.61. The van der Waals surface area contributed by atoms with Gasteiger partial charge in [-0.25, -0.2) is 9.78 Å². The first-order chi connectivity index (χ1) is 17.7. The summed E-state index contributed by atoms with van der Waals surface area (Å²) in [4.78, 5) is 46.3. The molecule has 1 aliphatic rings. The molecule has 5 rings (SSSR count). The van der Waals surface area contributed by atoms with Crippen LogP contribution in [0.4, 0.5) is 5.13 Å². The van der Waals surface area contributed by atoms with Crippen LogP contribution in [0, 0.1) is 6.92 Å². The minimum absolute atomic E-state index is 0.0536. The van der Waals surface area contributed by atoms with E-state index in [4.69, 9.17) is 20.8 Å². The van der Waals surface area contributed by atoms with E-state index >= 15 is 0 Å². The number of hydrogen-bond donors (Lipinski definition) is 0. The maximum atomic E-state index is 13.8. The summed E-state index contributed by atoms with van der Waals surface area (Å²) in [7, 11) is 0. The summed E-state index contributed by atoms with van der Waals surface area (Å²) < 4.78 is 11.2. The van der Waals surface area contributed by atoms with E-state index in [1.807, 2.05) is 24.3 Å². The topological polar surface area (TPSA) is 89.7 Å². The van der Waals surface area contributed by atoms with Gasteiger partial charge in [0.25, 0.3) is 5.91 Å². The van der Waals surface area contributed by atoms with Crippen molar-refractivity contribution in [1.82, 2.24) is 4.98 Å². The summed E-state index contributed by atoms with van der Waals surface area (Å²) in [6.45, 7) is 9.46. The molecular weight excluding hydrogens is 512 g/mol. The Morgan fingerprint density at radius 1 is 1.24 bits per heavy atom. The van der Waals surface area contributed by atoms with Crippen molar-refractivity contribution in [3.05, 3.63) is 103 Å². The van der Waals surface area contributed by atoms with Gasteiger partial charge in [-0.15, -0.1) is 0 Å². The second-order valence-corrected chi connectivity index (χ2v) is 10.4. The van der Waals surface area contributed by atoms with Crippen LogP contribution in [0.15, 0.2) is 64.3 Å². The van der Waals surface area contributed by atoms with Crippen LogP contribution in [-0.2, 0) is 4.74 Å². The fourth-order valence-electron chi connectivity index (χ4n) is 4.40. The van der Waals surface area contributed by atoms with E-state index in [1.54, 1.807) is 19.1 Å². The Balaban J connectivity index is 1.71. The molecule has 1 amide bonds. The number of amides is 1. The van der Waals surface area contributed by atoms with Gasteiger partial charge < -0.3 is 9.15 Å². The van der Waals surface area contributed by atoms with Crippen molar-refractivity contribution in [2.24, 2.45) is 0 Å². The number of carbonyl (C=O) groups is 2. The Labute approximate surface area is 222 Å². The lowest BCUT2D eigenvalue weighted by molar-refractivity contribution is 0.0554. The highest BCUT2D eigenvalue weighted by Gasteiger charge is 2.45. The maximum Gasteiger partial charge on any atom is 0.350 e. The molecule has 3 heterocycles. The van der Waals surface area contributed by atoms with Gasteiger partial charge >= 0.3 is 5.97 Å². The van der Waals surface area contributed by atoms with E-state index in [-0.39, 0.29) is 44.3 Å². The second-order valence-electron chi connectivity index (χ2n) is 9.01. The fraction of sp³-hybridized carbons (Fsp3) is 0.214. The minimum Gasteiger partial charge on any atom is -0.457 e. The number of anilines is 1. The molecule has 1 unspecified atom stereocenters. The van der Waals surface area contributed by atoms with E-state index < -0.39 is 17.9 Å². The Hall–Kier alpha value is -3.75. The van der Waals surface area contributed by atoms with Crippen molar-refractivity contribution >= 4 is 50.9 Å². The van der Waals surface area contributed by atoms with Crippen molar-refractivity contribution in [1.29, 1.82) is 0 Å².